The van der Waals surface area contributed by atoms with E-state index in [1.165, 1.54) is 70.8 Å². The predicted octanol–water partition coefficient (Wildman–Crippen LogP) is 5.20. The fourth-order valence-corrected chi connectivity index (χ4v) is 3.05. The molecular formula is C22H53N4+. The molecule has 0 aliphatic heterocycles. The fourth-order valence-electron chi connectivity index (χ4n) is 3.05. The van der Waals surface area contributed by atoms with Gasteiger partial charge < -0.3 is 4.90 Å². The SMILES string of the molecule is CCCCC(C)CCC[16N+](C)(C)NN.CCCCC(C)CCC[16N](C)C. The predicted molar refractivity (Wildman–Crippen MR) is 119 cm³/mol. The first kappa shape index (κ1) is 28.1. The van der Waals surface area contributed by atoms with Crippen molar-refractivity contribution in [3.8, 4) is 0 Å². The second-order valence-electron chi connectivity index (χ2n) is 9.12. The lowest BCUT2D eigenvalue weighted by Gasteiger charge is -2.27. The van der Waals surface area contributed by atoms with Gasteiger partial charge in [0.15, 0.2) is 0 Å². The highest BCUT2D eigenvalue weighted by Gasteiger charge is 2.12. The molecule has 2 unspecified atom stereocenters. The van der Waals surface area contributed by atoms with Gasteiger partial charge in [-0.3, -0.25) is 0 Å². The first-order chi connectivity index (χ1) is 12.2. The maximum Gasteiger partial charge on any atom is 0.0969 e. The van der Waals surface area contributed by atoms with Crippen LogP contribution in [0.1, 0.15) is 91.9 Å². The van der Waals surface area contributed by atoms with Gasteiger partial charge in [0.05, 0.1) is 20.6 Å². The van der Waals surface area contributed by atoms with Crippen molar-refractivity contribution in [2.24, 2.45) is 17.7 Å². The summed E-state index contributed by atoms with van der Waals surface area (Å²) < 4.78 is 0.709. The van der Waals surface area contributed by atoms with Crippen LogP contribution in [0.5, 0.6) is 0 Å². The van der Waals surface area contributed by atoms with Gasteiger partial charge in [-0.25, -0.2) is 10.4 Å². The zero-order valence-corrected chi connectivity index (χ0v) is 19.6. The minimum absolute atomic E-state index is 0.709. The molecule has 0 bridgehead atoms. The van der Waals surface area contributed by atoms with Crippen LogP contribution in [-0.4, -0.2) is 50.8 Å². The van der Waals surface area contributed by atoms with Crippen molar-refractivity contribution in [2.45, 2.75) is 91.9 Å². The zero-order chi connectivity index (χ0) is 20.4. The molecule has 0 rings (SSSR count). The Morgan fingerprint density at radius 3 is 1.62 bits per heavy atom. The van der Waals surface area contributed by atoms with E-state index in [2.05, 4.69) is 66.3 Å². The third-order valence-electron chi connectivity index (χ3n) is 5.17. The topological polar surface area (TPSA) is 41.3 Å². The number of rotatable bonds is 15. The van der Waals surface area contributed by atoms with Crippen LogP contribution in [0.2, 0.25) is 0 Å². The Morgan fingerprint density at radius 1 is 0.808 bits per heavy atom. The number of quaternary nitrogens is 1. The normalized spacial score (nSPS) is 14.1. The molecule has 160 valence electrons. The minimum Gasteiger partial charge on any atom is -0.309 e. The molecule has 0 spiro atoms. The summed E-state index contributed by atoms with van der Waals surface area (Å²) in [4.78, 5) is 2.27. The standard InChI is InChI=1S/C11H28N3.C11H25N/c1-5-6-8-11(2)9-7-10-14(3,4)13-12;1-5-6-8-11(2)9-7-10-12(3)4/h11,13H,5-10,12H2,1-4H3;11H,5-10H2,1-4H3/q+1;/i14+2;12+2. The van der Waals surface area contributed by atoms with Crippen LogP contribution < -0.4 is 11.4 Å². The van der Waals surface area contributed by atoms with Gasteiger partial charge in [0.25, 0.3) is 0 Å². The van der Waals surface area contributed by atoms with E-state index in [1.807, 2.05) is 0 Å². The van der Waals surface area contributed by atoms with Crippen molar-refractivity contribution in [3.05, 3.63) is 0 Å². The minimum atomic E-state index is 0.709. The summed E-state index contributed by atoms with van der Waals surface area (Å²) in [7, 11) is 8.49. The lowest BCUT2D eigenvalue weighted by Crippen LogP contribution is -2.55. The molecule has 0 heterocycles. The number of nitrogens with zero attached hydrogens (tertiary/aromatic N) is 2. The summed E-state index contributed by atoms with van der Waals surface area (Å²) >= 11 is 0. The van der Waals surface area contributed by atoms with Crippen LogP contribution >= 0.6 is 0 Å². The molecular weight excluding hydrogens is 324 g/mol. The molecule has 0 aliphatic carbocycles. The quantitative estimate of drug-likeness (QED) is 0.234. The first-order valence-corrected chi connectivity index (χ1v) is 11.1. The summed E-state index contributed by atoms with van der Waals surface area (Å²) in [6.45, 7) is 11.6. The van der Waals surface area contributed by atoms with E-state index in [0.29, 0.717) is 4.59 Å². The average molecular weight is 378 g/mol. The van der Waals surface area contributed by atoms with Crippen molar-refractivity contribution < 1.29 is 4.59 Å². The molecule has 0 aromatic heterocycles. The van der Waals surface area contributed by atoms with Gasteiger partial charge >= 0.3 is 0 Å². The van der Waals surface area contributed by atoms with Gasteiger partial charge in [0.1, 0.15) is 0 Å². The summed E-state index contributed by atoms with van der Waals surface area (Å²) in [5, 5.41) is 0. The number of hydrogen-bond acceptors (Lipinski definition) is 3. The third-order valence-corrected chi connectivity index (χ3v) is 5.17. The molecule has 4 nitrogen and oxygen atoms in total. The molecule has 26 heavy (non-hydrogen) atoms. The maximum atomic E-state index is 5.43. The van der Waals surface area contributed by atoms with E-state index < -0.39 is 0 Å². The first-order valence-electron chi connectivity index (χ1n) is 11.1. The number of nitrogens with one attached hydrogen (secondary N) is 1. The molecule has 0 amide bonds. The monoisotopic (exact) mass is 377 g/mol. The van der Waals surface area contributed by atoms with E-state index >= 15 is 0 Å². The van der Waals surface area contributed by atoms with Crippen LogP contribution in [0.15, 0.2) is 0 Å². The zero-order valence-electron chi connectivity index (χ0n) is 19.6. The van der Waals surface area contributed by atoms with Gasteiger partial charge in [-0.15, -0.1) is 5.53 Å². The Kier molecular flexibility index (Phi) is 19.7. The average Bonchev–Trinajstić information content (AvgIpc) is 2.58. The van der Waals surface area contributed by atoms with Gasteiger partial charge in [-0.2, -0.15) is 0 Å². The number of unbranched alkanes of at least 4 members (excludes halogenated alkanes) is 2. The van der Waals surface area contributed by atoms with E-state index in [-0.39, 0.29) is 0 Å². The Labute approximate surface area is 166 Å². The van der Waals surface area contributed by atoms with E-state index in [9.17, 15) is 0 Å². The second kappa shape index (κ2) is 18.2. The van der Waals surface area contributed by atoms with E-state index in [0.717, 1.165) is 18.4 Å². The maximum absolute atomic E-state index is 5.43. The Morgan fingerprint density at radius 2 is 1.23 bits per heavy atom. The Hall–Kier alpha value is -0.160. The largest absolute Gasteiger partial charge is 0.309 e. The summed E-state index contributed by atoms with van der Waals surface area (Å²) in [6.07, 6.45) is 13.6. The summed E-state index contributed by atoms with van der Waals surface area (Å²) in [5.74, 6) is 7.23. The number of hydrazine groups is 1. The van der Waals surface area contributed by atoms with Gasteiger partial charge in [-0.05, 0) is 58.2 Å². The summed E-state index contributed by atoms with van der Waals surface area (Å²) in [6, 6.07) is 0. The van der Waals surface area contributed by atoms with E-state index in [1.54, 1.807) is 0 Å². The molecule has 0 radical (unpaired) electrons. The van der Waals surface area contributed by atoms with Crippen molar-refractivity contribution in [1.82, 2.24) is 10.4 Å². The van der Waals surface area contributed by atoms with Crippen LogP contribution in [-0.2, 0) is 0 Å². The highest BCUT2D eigenvalue weighted by Crippen LogP contribution is 2.14. The second-order valence-corrected chi connectivity index (χ2v) is 9.12. The van der Waals surface area contributed by atoms with Gasteiger partial charge in [0.2, 0.25) is 0 Å². The molecule has 0 fully saturated rings. The van der Waals surface area contributed by atoms with Crippen LogP contribution in [0.3, 0.4) is 0 Å². The Bertz CT molecular complexity index is 279. The van der Waals surface area contributed by atoms with E-state index in [4.69, 9.17) is 5.84 Å². The number of hydrogen-bond donors (Lipinski definition) is 2. The van der Waals surface area contributed by atoms with Crippen molar-refractivity contribution >= 4 is 0 Å². The van der Waals surface area contributed by atoms with Crippen molar-refractivity contribution in [3.63, 3.8) is 0 Å². The molecule has 0 saturated heterocycles. The molecule has 3 N–H and O–H groups in total. The lowest BCUT2D eigenvalue weighted by molar-refractivity contribution is -0.935. The fraction of sp³-hybridized carbons (Fsp3) is 1.00. The molecule has 0 aromatic rings. The van der Waals surface area contributed by atoms with Crippen LogP contribution in [0.4, 0.5) is 0 Å². The van der Waals surface area contributed by atoms with Gasteiger partial charge in [0, 0.05) is 0 Å². The molecule has 0 aliphatic rings. The molecule has 0 saturated carbocycles. The highest BCUT2D eigenvalue weighted by molar-refractivity contribution is 4.55. The highest BCUT2D eigenvalue weighted by atomic mass is 17.0. The summed E-state index contributed by atoms with van der Waals surface area (Å²) in [5.41, 5.74) is 2.80. The lowest BCUT2D eigenvalue weighted by atomic mass is 9.99. The van der Waals surface area contributed by atoms with Gasteiger partial charge in [-0.1, -0.05) is 66.2 Å². The van der Waals surface area contributed by atoms with Crippen LogP contribution in [0, 0.1) is 11.8 Å². The molecule has 4 heteroatoms. The molecule has 2 atom stereocenters. The smallest absolute Gasteiger partial charge is 0.0969 e. The van der Waals surface area contributed by atoms with Crippen molar-refractivity contribution in [2.75, 3.05) is 41.3 Å². The molecule has 0 aromatic carbocycles. The van der Waals surface area contributed by atoms with Crippen molar-refractivity contribution in [1.29, 1.82) is 0 Å². The third kappa shape index (κ3) is 21.9. The number of nitrogens with two attached hydrogens (primary N) is 1. The van der Waals surface area contributed by atoms with Crippen LogP contribution in [0.25, 0.3) is 0 Å². The Balaban J connectivity index is 0.